The maximum absolute atomic E-state index is 13.0. The van der Waals surface area contributed by atoms with Crippen LogP contribution in [0.5, 0.6) is 0 Å². The molecule has 0 rings (SSSR count). The molecule has 0 aliphatic heterocycles. The summed E-state index contributed by atoms with van der Waals surface area (Å²) in [6.45, 7) is 6.53. The third-order valence-corrected chi connectivity index (χ3v) is 15.0. The number of esters is 3. The molecule has 0 N–H and O–H groups in total. The molecule has 0 bridgehead atoms. The molecule has 0 saturated heterocycles. The highest BCUT2D eigenvalue weighted by Gasteiger charge is 2.19. The number of rotatable bonds is 63. The molecule has 1 unspecified atom stereocenters. The first-order valence-corrected chi connectivity index (χ1v) is 34.9. The first-order chi connectivity index (χ1) is 40.5. The predicted octanol–water partition coefficient (Wildman–Crippen LogP) is 24.2. The summed E-state index contributed by atoms with van der Waals surface area (Å²) in [6.07, 6.45) is 95.3. The number of carbonyl (C=O) groups is 3. The van der Waals surface area contributed by atoms with Gasteiger partial charge in [0.1, 0.15) is 13.2 Å². The van der Waals surface area contributed by atoms with Crippen molar-refractivity contribution in [3.05, 3.63) is 109 Å². The molecule has 0 saturated carbocycles. The SMILES string of the molecule is CC/C=C\C/C=C\C/C=C\C/C=C\C/C=C\C/C=C\CCCCCCC(=O)OCC(COC(=O)CCCCCCCCCCCCCCCCCCCCCC)OC(=O)CCCCCCCC/C=C\C/C=C\C/C=C\CCCCCCC. The number of hydrogen-bond donors (Lipinski definition) is 0. The Balaban J connectivity index is 4.46. The van der Waals surface area contributed by atoms with Crippen molar-refractivity contribution in [2.45, 2.75) is 341 Å². The van der Waals surface area contributed by atoms with Gasteiger partial charge in [-0.25, -0.2) is 0 Å². The van der Waals surface area contributed by atoms with Crippen LogP contribution in [0.4, 0.5) is 0 Å². The van der Waals surface area contributed by atoms with Crippen LogP contribution in [-0.2, 0) is 28.6 Å². The normalized spacial score (nSPS) is 12.8. The number of carbonyl (C=O) groups excluding carboxylic acids is 3. The monoisotopic (exact) mass is 1140 g/mol. The van der Waals surface area contributed by atoms with Crippen molar-refractivity contribution in [2.75, 3.05) is 13.2 Å². The fourth-order valence-electron chi connectivity index (χ4n) is 9.81. The number of unbranched alkanes of at least 4 members (excludes halogenated alkanes) is 34. The Morgan fingerprint density at radius 1 is 0.256 bits per heavy atom. The van der Waals surface area contributed by atoms with Gasteiger partial charge in [-0.2, -0.15) is 0 Å². The van der Waals surface area contributed by atoms with Crippen molar-refractivity contribution in [1.82, 2.24) is 0 Å². The molecule has 0 amide bonds. The second kappa shape index (κ2) is 69.6. The van der Waals surface area contributed by atoms with Crippen molar-refractivity contribution < 1.29 is 28.6 Å². The second-order valence-corrected chi connectivity index (χ2v) is 23.1. The van der Waals surface area contributed by atoms with Crippen LogP contribution >= 0.6 is 0 Å². The molecule has 0 aromatic carbocycles. The van der Waals surface area contributed by atoms with Crippen LogP contribution in [0.2, 0.25) is 0 Å². The summed E-state index contributed by atoms with van der Waals surface area (Å²) in [4.78, 5) is 38.5. The zero-order chi connectivity index (χ0) is 59.2. The van der Waals surface area contributed by atoms with Crippen LogP contribution in [0.1, 0.15) is 335 Å². The molecule has 0 spiro atoms. The molecule has 6 nitrogen and oxygen atoms in total. The van der Waals surface area contributed by atoms with Crippen molar-refractivity contribution in [3.8, 4) is 0 Å². The van der Waals surface area contributed by atoms with Gasteiger partial charge in [0.2, 0.25) is 0 Å². The van der Waals surface area contributed by atoms with Crippen LogP contribution in [0.15, 0.2) is 109 Å². The molecule has 0 aromatic heterocycles. The number of hydrogen-bond acceptors (Lipinski definition) is 6. The van der Waals surface area contributed by atoms with E-state index in [4.69, 9.17) is 14.2 Å². The molecule has 0 fully saturated rings. The van der Waals surface area contributed by atoms with E-state index < -0.39 is 6.10 Å². The van der Waals surface area contributed by atoms with E-state index in [1.54, 1.807) is 0 Å². The Morgan fingerprint density at radius 2 is 0.476 bits per heavy atom. The van der Waals surface area contributed by atoms with Crippen LogP contribution in [0.3, 0.4) is 0 Å². The Morgan fingerprint density at radius 3 is 0.744 bits per heavy atom. The fourth-order valence-corrected chi connectivity index (χ4v) is 9.81. The number of allylic oxidation sites excluding steroid dienone is 18. The summed E-state index contributed by atoms with van der Waals surface area (Å²) in [5.74, 6) is -0.915. The highest BCUT2D eigenvalue weighted by molar-refractivity contribution is 5.71. The van der Waals surface area contributed by atoms with Gasteiger partial charge in [0.05, 0.1) is 0 Å². The van der Waals surface area contributed by atoms with Crippen molar-refractivity contribution in [1.29, 1.82) is 0 Å². The average Bonchev–Trinajstić information content (AvgIpc) is 3.47. The van der Waals surface area contributed by atoms with Gasteiger partial charge in [-0.05, 0) is 109 Å². The lowest BCUT2D eigenvalue weighted by atomic mass is 10.0. The highest BCUT2D eigenvalue weighted by atomic mass is 16.6. The summed E-state index contributed by atoms with van der Waals surface area (Å²) < 4.78 is 17.0. The van der Waals surface area contributed by atoms with Gasteiger partial charge in [-0.1, -0.05) is 316 Å². The Labute approximate surface area is 508 Å². The summed E-state index contributed by atoms with van der Waals surface area (Å²) in [5.41, 5.74) is 0. The van der Waals surface area contributed by atoms with Crippen molar-refractivity contribution in [2.24, 2.45) is 0 Å². The molecule has 0 heterocycles. The zero-order valence-electron chi connectivity index (χ0n) is 54.0. The zero-order valence-corrected chi connectivity index (χ0v) is 54.0. The van der Waals surface area contributed by atoms with E-state index in [1.807, 2.05) is 0 Å². The molecular weight excluding hydrogens is 1010 g/mol. The van der Waals surface area contributed by atoms with Crippen LogP contribution in [0.25, 0.3) is 0 Å². The van der Waals surface area contributed by atoms with E-state index in [0.29, 0.717) is 19.3 Å². The molecule has 470 valence electrons. The molecule has 82 heavy (non-hydrogen) atoms. The summed E-state index contributed by atoms with van der Waals surface area (Å²) in [7, 11) is 0. The van der Waals surface area contributed by atoms with Gasteiger partial charge < -0.3 is 14.2 Å². The quantitative estimate of drug-likeness (QED) is 0.0261. The Bertz CT molecular complexity index is 1640. The molecule has 0 radical (unpaired) electrons. The average molecular weight is 1140 g/mol. The largest absolute Gasteiger partial charge is 0.462 e. The first-order valence-electron chi connectivity index (χ1n) is 34.9. The minimum atomic E-state index is -0.799. The Hall–Kier alpha value is -3.93. The lowest BCUT2D eigenvalue weighted by molar-refractivity contribution is -0.167. The fraction of sp³-hybridized carbons (Fsp3) is 0.724. The van der Waals surface area contributed by atoms with E-state index in [1.165, 1.54) is 161 Å². The van der Waals surface area contributed by atoms with Gasteiger partial charge in [-0.15, -0.1) is 0 Å². The van der Waals surface area contributed by atoms with Gasteiger partial charge >= 0.3 is 17.9 Å². The second-order valence-electron chi connectivity index (χ2n) is 23.1. The van der Waals surface area contributed by atoms with Gasteiger partial charge in [0, 0.05) is 19.3 Å². The van der Waals surface area contributed by atoms with Crippen LogP contribution < -0.4 is 0 Å². The molecule has 0 aliphatic rings. The molecule has 0 aromatic rings. The van der Waals surface area contributed by atoms with E-state index in [-0.39, 0.29) is 31.1 Å². The predicted molar refractivity (Wildman–Crippen MR) is 357 cm³/mol. The Kier molecular flexibility index (Phi) is 66.2. The van der Waals surface area contributed by atoms with Gasteiger partial charge in [0.25, 0.3) is 0 Å². The van der Waals surface area contributed by atoms with Gasteiger partial charge in [-0.3, -0.25) is 14.4 Å². The number of ether oxygens (including phenoxy) is 3. The van der Waals surface area contributed by atoms with E-state index >= 15 is 0 Å². The summed E-state index contributed by atoms with van der Waals surface area (Å²) in [5, 5.41) is 0. The topological polar surface area (TPSA) is 78.9 Å². The van der Waals surface area contributed by atoms with Crippen molar-refractivity contribution in [3.63, 3.8) is 0 Å². The summed E-state index contributed by atoms with van der Waals surface area (Å²) >= 11 is 0. The van der Waals surface area contributed by atoms with E-state index in [9.17, 15) is 14.4 Å². The lowest BCUT2D eigenvalue weighted by Gasteiger charge is -2.18. The first kappa shape index (κ1) is 78.1. The molecule has 6 heteroatoms. The molecule has 0 aliphatic carbocycles. The lowest BCUT2D eigenvalue weighted by Crippen LogP contribution is -2.30. The highest BCUT2D eigenvalue weighted by Crippen LogP contribution is 2.17. The van der Waals surface area contributed by atoms with E-state index in [0.717, 1.165) is 135 Å². The van der Waals surface area contributed by atoms with Crippen LogP contribution in [0, 0.1) is 0 Å². The van der Waals surface area contributed by atoms with Crippen LogP contribution in [-0.4, -0.2) is 37.2 Å². The third kappa shape index (κ3) is 66.9. The standard InChI is InChI=1S/C76H130O6/c1-4-7-10-13-16-19-22-25-28-31-34-37-38-40-42-45-48-51-54-57-60-63-66-69-75(78)81-72-73(71-80-74(77)68-65-62-59-56-53-50-47-44-41-36-33-30-27-24-21-18-15-12-9-6-3)82-76(79)70-67-64-61-58-55-52-49-46-43-39-35-32-29-26-23-20-17-14-11-8-5-2/h7,10,16,19,23,25-26,28,32,34-35,37,40,42-43,46,48,51,73H,4-6,8-9,11-15,17-18,20-22,24,27,29-31,33,36,38-39,41,44-45,47,49-50,52-72H2,1-3H3/b10-7-,19-16-,26-23-,28-25-,35-32-,37-34-,42-40-,46-43-,51-48-. The van der Waals surface area contributed by atoms with Crippen molar-refractivity contribution >= 4 is 17.9 Å². The third-order valence-electron chi connectivity index (χ3n) is 15.0. The molecule has 1 atom stereocenters. The maximum atomic E-state index is 13.0. The van der Waals surface area contributed by atoms with E-state index in [2.05, 4.69) is 130 Å². The maximum Gasteiger partial charge on any atom is 0.306 e. The minimum absolute atomic E-state index is 0.0902. The minimum Gasteiger partial charge on any atom is -0.462 e. The van der Waals surface area contributed by atoms with Gasteiger partial charge in [0.15, 0.2) is 6.10 Å². The summed E-state index contributed by atoms with van der Waals surface area (Å²) in [6, 6.07) is 0. The molecular formula is C76H130O6. The smallest absolute Gasteiger partial charge is 0.306 e.